The molecule has 0 saturated heterocycles. The molecule has 3 atom stereocenters. The van der Waals surface area contributed by atoms with E-state index in [1.54, 1.807) is 0 Å². The third-order valence-electron chi connectivity index (χ3n) is 5.05. The molecule has 0 radical (unpaired) electrons. The first-order valence-corrected chi connectivity index (χ1v) is 7.24. The van der Waals surface area contributed by atoms with Gasteiger partial charge in [0.05, 0.1) is 0 Å². The van der Waals surface area contributed by atoms with Gasteiger partial charge in [0.2, 0.25) is 5.91 Å². The number of hydrogen-bond donors (Lipinski definition) is 0. The molecule has 0 unspecified atom stereocenters. The van der Waals surface area contributed by atoms with Gasteiger partial charge in [0.25, 0.3) is 0 Å². The van der Waals surface area contributed by atoms with E-state index in [9.17, 15) is 9.59 Å². The molecule has 3 nitrogen and oxygen atoms in total. The second-order valence-electron chi connectivity index (χ2n) is 6.46. The van der Waals surface area contributed by atoms with E-state index in [4.69, 9.17) is 0 Å². The second kappa shape index (κ2) is 4.67. The van der Waals surface area contributed by atoms with Gasteiger partial charge in [-0.1, -0.05) is 13.8 Å². The van der Waals surface area contributed by atoms with E-state index < -0.39 is 0 Å². The lowest BCUT2D eigenvalue weighted by atomic mass is 9.52. The Morgan fingerprint density at radius 3 is 2.39 bits per heavy atom. The first kappa shape index (κ1) is 13.6. The Morgan fingerprint density at radius 2 is 1.89 bits per heavy atom. The SMILES string of the molecule is CCN(CC)C(=O)[C@H]1C(=O)[C@H]2CC[C@H]1C(C)(C)C2. The number of fused-ring (bicyclic) bond motifs is 3. The predicted molar refractivity (Wildman–Crippen MR) is 71.0 cm³/mol. The summed E-state index contributed by atoms with van der Waals surface area (Å²) in [6.07, 6.45) is 3.01. The van der Waals surface area contributed by atoms with Gasteiger partial charge in [-0.2, -0.15) is 0 Å². The number of ketones is 1. The number of amides is 1. The quantitative estimate of drug-likeness (QED) is 0.723. The molecule has 3 rings (SSSR count). The summed E-state index contributed by atoms with van der Waals surface area (Å²) < 4.78 is 0. The van der Waals surface area contributed by atoms with Crippen molar-refractivity contribution in [2.45, 2.75) is 47.0 Å². The maximum Gasteiger partial charge on any atom is 0.233 e. The zero-order chi connectivity index (χ0) is 13.5. The Morgan fingerprint density at radius 1 is 1.28 bits per heavy atom. The summed E-state index contributed by atoms with van der Waals surface area (Å²) in [6, 6.07) is 0. The van der Waals surface area contributed by atoms with Crippen LogP contribution >= 0.6 is 0 Å². The zero-order valence-corrected chi connectivity index (χ0v) is 12.0. The standard InChI is InChI=1S/C15H25NO2/c1-5-16(6-2)14(18)12-11-8-7-10(13(12)17)9-15(11,3)4/h10-12H,5-9H2,1-4H3/t10-,11+,12+/m0/s1. The first-order valence-electron chi connectivity index (χ1n) is 7.24. The van der Waals surface area contributed by atoms with E-state index >= 15 is 0 Å². The van der Waals surface area contributed by atoms with Crippen molar-refractivity contribution in [2.24, 2.45) is 23.2 Å². The highest BCUT2D eigenvalue weighted by Crippen LogP contribution is 2.53. The van der Waals surface area contributed by atoms with Crippen molar-refractivity contribution in [1.29, 1.82) is 0 Å². The number of nitrogens with zero attached hydrogens (tertiary/aromatic N) is 1. The van der Waals surface area contributed by atoms with E-state index in [-0.39, 0.29) is 34.9 Å². The number of carbonyl (C=O) groups is 2. The lowest BCUT2D eigenvalue weighted by Gasteiger charge is -2.51. The Bertz CT molecular complexity index is 358. The van der Waals surface area contributed by atoms with Crippen molar-refractivity contribution < 1.29 is 9.59 Å². The van der Waals surface area contributed by atoms with Crippen LogP contribution in [0.5, 0.6) is 0 Å². The Hall–Kier alpha value is -0.860. The van der Waals surface area contributed by atoms with E-state index in [2.05, 4.69) is 13.8 Å². The van der Waals surface area contributed by atoms with Crippen LogP contribution in [0.2, 0.25) is 0 Å². The maximum atomic E-state index is 12.6. The van der Waals surface area contributed by atoms with Gasteiger partial charge in [0, 0.05) is 19.0 Å². The third kappa shape index (κ3) is 1.98. The summed E-state index contributed by atoms with van der Waals surface area (Å²) >= 11 is 0. The monoisotopic (exact) mass is 251 g/mol. The number of Topliss-reactive ketones (excluding diaryl/α,β-unsaturated/α-hetero) is 1. The van der Waals surface area contributed by atoms with Crippen molar-refractivity contribution in [3.63, 3.8) is 0 Å². The van der Waals surface area contributed by atoms with Gasteiger partial charge in [-0.25, -0.2) is 0 Å². The molecule has 102 valence electrons. The minimum Gasteiger partial charge on any atom is -0.343 e. The summed E-state index contributed by atoms with van der Waals surface area (Å²) in [5.41, 5.74) is 0.143. The smallest absolute Gasteiger partial charge is 0.233 e. The average molecular weight is 251 g/mol. The predicted octanol–water partition coefficient (Wildman–Crippen LogP) is 2.50. The molecule has 3 aliphatic carbocycles. The van der Waals surface area contributed by atoms with Crippen LogP contribution in [-0.4, -0.2) is 29.7 Å². The lowest BCUT2D eigenvalue weighted by Crippen LogP contribution is -2.55. The average Bonchev–Trinajstić information content (AvgIpc) is 2.31. The van der Waals surface area contributed by atoms with Crippen LogP contribution < -0.4 is 0 Å². The number of hydrogen-bond acceptors (Lipinski definition) is 2. The van der Waals surface area contributed by atoms with Crippen LogP contribution in [0.4, 0.5) is 0 Å². The maximum absolute atomic E-state index is 12.6. The minimum absolute atomic E-state index is 0.0764. The molecule has 0 aliphatic heterocycles. The largest absolute Gasteiger partial charge is 0.343 e. The molecule has 18 heavy (non-hydrogen) atoms. The van der Waals surface area contributed by atoms with Crippen molar-refractivity contribution in [3.05, 3.63) is 0 Å². The van der Waals surface area contributed by atoms with Crippen LogP contribution in [0.25, 0.3) is 0 Å². The number of carbonyl (C=O) groups excluding carboxylic acids is 2. The van der Waals surface area contributed by atoms with Crippen molar-refractivity contribution in [2.75, 3.05) is 13.1 Å². The molecule has 2 bridgehead atoms. The molecule has 0 aromatic rings. The third-order valence-corrected chi connectivity index (χ3v) is 5.05. The molecule has 0 heterocycles. The highest BCUT2D eigenvalue weighted by atomic mass is 16.2. The highest BCUT2D eigenvalue weighted by molar-refractivity contribution is 6.04. The molecule has 3 heteroatoms. The summed E-state index contributed by atoms with van der Waals surface area (Å²) in [6.45, 7) is 9.82. The van der Waals surface area contributed by atoms with E-state index in [0.29, 0.717) is 13.1 Å². The van der Waals surface area contributed by atoms with Gasteiger partial charge in [-0.05, 0) is 44.4 Å². The summed E-state index contributed by atoms with van der Waals surface area (Å²) in [5, 5.41) is 0. The van der Waals surface area contributed by atoms with Gasteiger partial charge in [-0.15, -0.1) is 0 Å². The van der Waals surface area contributed by atoms with Gasteiger partial charge < -0.3 is 4.90 Å². The fourth-order valence-electron chi connectivity index (χ4n) is 4.00. The Labute approximate surface area is 110 Å². The van der Waals surface area contributed by atoms with Crippen molar-refractivity contribution in [1.82, 2.24) is 4.90 Å². The normalized spacial score (nSPS) is 33.6. The van der Waals surface area contributed by atoms with Crippen molar-refractivity contribution in [3.8, 4) is 0 Å². The summed E-state index contributed by atoms with van der Waals surface area (Å²) in [5.74, 6) is 0.333. The molecule has 0 N–H and O–H groups in total. The second-order valence-corrected chi connectivity index (χ2v) is 6.46. The van der Waals surface area contributed by atoms with Crippen LogP contribution in [0, 0.1) is 23.2 Å². The van der Waals surface area contributed by atoms with E-state index in [1.165, 1.54) is 0 Å². The van der Waals surface area contributed by atoms with Gasteiger partial charge in [-0.3, -0.25) is 9.59 Å². The zero-order valence-electron chi connectivity index (χ0n) is 12.0. The molecule has 1 amide bonds. The van der Waals surface area contributed by atoms with Gasteiger partial charge >= 0.3 is 0 Å². The minimum atomic E-state index is -0.354. The fourth-order valence-corrected chi connectivity index (χ4v) is 4.00. The molecule has 3 aliphatic rings. The first-order chi connectivity index (χ1) is 8.42. The lowest BCUT2D eigenvalue weighted by molar-refractivity contribution is -0.158. The number of rotatable bonds is 3. The van der Waals surface area contributed by atoms with Gasteiger partial charge in [0.1, 0.15) is 11.7 Å². The van der Waals surface area contributed by atoms with Crippen LogP contribution in [0.15, 0.2) is 0 Å². The summed E-state index contributed by atoms with van der Waals surface area (Å²) in [4.78, 5) is 26.8. The van der Waals surface area contributed by atoms with E-state index in [0.717, 1.165) is 19.3 Å². The molecule has 0 aromatic carbocycles. The van der Waals surface area contributed by atoms with E-state index in [1.807, 2.05) is 18.7 Å². The Balaban J connectivity index is 2.26. The van der Waals surface area contributed by atoms with Crippen LogP contribution in [0.3, 0.4) is 0 Å². The fraction of sp³-hybridized carbons (Fsp3) is 0.867. The Kier molecular flexibility index (Phi) is 3.52. The van der Waals surface area contributed by atoms with Crippen LogP contribution in [-0.2, 0) is 9.59 Å². The van der Waals surface area contributed by atoms with Crippen molar-refractivity contribution >= 4 is 11.7 Å². The molecular formula is C15H25NO2. The molecule has 3 saturated carbocycles. The van der Waals surface area contributed by atoms with Crippen LogP contribution in [0.1, 0.15) is 47.0 Å². The molecule has 0 aromatic heterocycles. The highest BCUT2D eigenvalue weighted by Gasteiger charge is 2.54. The van der Waals surface area contributed by atoms with Gasteiger partial charge in [0.15, 0.2) is 0 Å². The summed E-state index contributed by atoms with van der Waals surface area (Å²) in [7, 11) is 0. The topological polar surface area (TPSA) is 37.4 Å². The molecular weight excluding hydrogens is 226 g/mol. The molecule has 0 spiro atoms. The molecule has 3 fully saturated rings.